The van der Waals surface area contributed by atoms with Gasteiger partial charge in [0, 0.05) is 11.1 Å². The lowest BCUT2D eigenvalue weighted by atomic mass is 9.80. The molecule has 0 spiro atoms. The minimum absolute atomic E-state index is 0.00271. The van der Waals surface area contributed by atoms with Crippen LogP contribution in [0.25, 0.3) is 0 Å². The number of piperidine rings is 1. The number of benzene rings is 1. The van der Waals surface area contributed by atoms with Gasteiger partial charge < -0.3 is 15.7 Å². The van der Waals surface area contributed by atoms with Gasteiger partial charge in [0.1, 0.15) is 0 Å². The van der Waals surface area contributed by atoms with E-state index in [2.05, 4.69) is 10.6 Å². The highest BCUT2D eigenvalue weighted by Gasteiger charge is 2.34. The van der Waals surface area contributed by atoms with Crippen molar-refractivity contribution in [2.75, 3.05) is 18.4 Å². The van der Waals surface area contributed by atoms with Gasteiger partial charge in [0.25, 0.3) is 0 Å². The SMILES string of the molecule is CC1(C(=O)Nc2ccc(C(=O)O)cc2)CCNCC1. The van der Waals surface area contributed by atoms with Crippen molar-refractivity contribution in [1.29, 1.82) is 0 Å². The standard InChI is InChI=1S/C14H18N2O3/c1-14(6-8-15-9-7-14)13(19)16-11-4-2-10(3-5-11)12(17)18/h2-5,15H,6-9H2,1H3,(H,16,19)(H,17,18). The van der Waals surface area contributed by atoms with E-state index in [-0.39, 0.29) is 16.9 Å². The number of hydrogen-bond donors (Lipinski definition) is 3. The summed E-state index contributed by atoms with van der Waals surface area (Å²) in [7, 11) is 0. The fraction of sp³-hybridized carbons (Fsp3) is 0.429. The number of carbonyl (C=O) groups is 2. The molecule has 5 heteroatoms. The summed E-state index contributed by atoms with van der Waals surface area (Å²) < 4.78 is 0. The van der Waals surface area contributed by atoms with Crippen molar-refractivity contribution in [2.45, 2.75) is 19.8 Å². The van der Waals surface area contributed by atoms with Gasteiger partial charge in [-0.25, -0.2) is 4.79 Å². The minimum Gasteiger partial charge on any atom is -0.478 e. The zero-order chi connectivity index (χ0) is 13.9. The van der Waals surface area contributed by atoms with Crippen molar-refractivity contribution in [3.8, 4) is 0 Å². The first kappa shape index (κ1) is 13.5. The number of aromatic carboxylic acids is 1. The Morgan fingerprint density at radius 3 is 2.32 bits per heavy atom. The first-order valence-electron chi connectivity index (χ1n) is 6.37. The lowest BCUT2D eigenvalue weighted by Gasteiger charge is -2.32. The van der Waals surface area contributed by atoms with Gasteiger partial charge in [-0.1, -0.05) is 6.92 Å². The number of hydrogen-bond acceptors (Lipinski definition) is 3. The van der Waals surface area contributed by atoms with E-state index in [9.17, 15) is 9.59 Å². The lowest BCUT2D eigenvalue weighted by Crippen LogP contribution is -2.42. The second-order valence-corrected chi connectivity index (χ2v) is 5.15. The van der Waals surface area contributed by atoms with E-state index in [4.69, 9.17) is 5.11 Å². The van der Waals surface area contributed by atoms with Crippen LogP contribution in [0.5, 0.6) is 0 Å². The molecule has 1 saturated heterocycles. The van der Waals surface area contributed by atoms with Gasteiger partial charge in [0.05, 0.1) is 5.56 Å². The molecule has 19 heavy (non-hydrogen) atoms. The van der Waals surface area contributed by atoms with Crippen molar-refractivity contribution >= 4 is 17.6 Å². The molecule has 2 rings (SSSR count). The number of nitrogens with one attached hydrogen (secondary N) is 2. The molecule has 1 aromatic carbocycles. The maximum absolute atomic E-state index is 12.3. The number of amides is 1. The molecule has 0 atom stereocenters. The molecule has 3 N–H and O–H groups in total. The average Bonchev–Trinajstić information content (AvgIpc) is 2.40. The molecule has 102 valence electrons. The van der Waals surface area contributed by atoms with Crippen LogP contribution in [0.4, 0.5) is 5.69 Å². The molecule has 0 bridgehead atoms. The average molecular weight is 262 g/mol. The monoisotopic (exact) mass is 262 g/mol. The molecule has 1 amide bonds. The van der Waals surface area contributed by atoms with Crippen molar-refractivity contribution in [3.63, 3.8) is 0 Å². The van der Waals surface area contributed by atoms with Crippen LogP contribution in [-0.2, 0) is 4.79 Å². The number of carbonyl (C=O) groups excluding carboxylic acids is 1. The third-order valence-corrected chi connectivity index (χ3v) is 3.65. The van der Waals surface area contributed by atoms with Gasteiger partial charge in [0.2, 0.25) is 5.91 Å². The Labute approximate surface area is 112 Å². The van der Waals surface area contributed by atoms with Gasteiger partial charge >= 0.3 is 5.97 Å². The number of carboxylic acids is 1. The summed E-state index contributed by atoms with van der Waals surface area (Å²) in [4.78, 5) is 23.0. The Balaban J connectivity index is 2.04. The van der Waals surface area contributed by atoms with E-state index in [1.807, 2.05) is 6.92 Å². The Bertz CT molecular complexity index is 476. The van der Waals surface area contributed by atoms with Crippen LogP contribution < -0.4 is 10.6 Å². The topological polar surface area (TPSA) is 78.4 Å². The predicted molar refractivity (Wildman–Crippen MR) is 72.2 cm³/mol. The molecule has 0 saturated carbocycles. The fourth-order valence-corrected chi connectivity index (χ4v) is 2.18. The Morgan fingerprint density at radius 2 is 1.79 bits per heavy atom. The second kappa shape index (κ2) is 5.40. The maximum atomic E-state index is 12.3. The zero-order valence-corrected chi connectivity index (χ0v) is 10.9. The number of carboxylic acid groups (broad SMARTS) is 1. The summed E-state index contributed by atoms with van der Waals surface area (Å²) in [5, 5.41) is 14.9. The quantitative estimate of drug-likeness (QED) is 0.775. The Kier molecular flexibility index (Phi) is 3.85. The highest BCUT2D eigenvalue weighted by atomic mass is 16.4. The molecule has 1 aromatic rings. The van der Waals surface area contributed by atoms with Gasteiger partial charge in [-0.15, -0.1) is 0 Å². The normalized spacial score (nSPS) is 17.7. The van der Waals surface area contributed by atoms with Crippen molar-refractivity contribution < 1.29 is 14.7 Å². The molecular weight excluding hydrogens is 244 g/mol. The fourth-order valence-electron chi connectivity index (χ4n) is 2.18. The Morgan fingerprint density at radius 1 is 1.21 bits per heavy atom. The molecule has 1 aliphatic heterocycles. The van der Waals surface area contributed by atoms with Crippen LogP contribution in [0.3, 0.4) is 0 Å². The van der Waals surface area contributed by atoms with Crippen LogP contribution in [0.15, 0.2) is 24.3 Å². The van der Waals surface area contributed by atoms with E-state index in [0.29, 0.717) is 5.69 Å². The van der Waals surface area contributed by atoms with Crippen LogP contribution >= 0.6 is 0 Å². The third-order valence-electron chi connectivity index (χ3n) is 3.65. The molecule has 1 heterocycles. The van der Waals surface area contributed by atoms with Crippen LogP contribution in [-0.4, -0.2) is 30.1 Å². The highest BCUT2D eigenvalue weighted by molar-refractivity contribution is 5.96. The van der Waals surface area contributed by atoms with Gasteiger partial charge in [-0.3, -0.25) is 4.79 Å². The summed E-state index contributed by atoms with van der Waals surface area (Å²) in [6, 6.07) is 6.21. The molecule has 0 aliphatic carbocycles. The summed E-state index contributed by atoms with van der Waals surface area (Å²) in [6.45, 7) is 3.67. The van der Waals surface area contributed by atoms with Crippen LogP contribution in [0.2, 0.25) is 0 Å². The van der Waals surface area contributed by atoms with Crippen LogP contribution in [0, 0.1) is 5.41 Å². The van der Waals surface area contributed by atoms with Gasteiger partial charge in [-0.2, -0.15) is 0 Å². The van der Waals surface area contributed by atoms with E-state index >= 15 is 0 Å². The number of anilines is 1. The van der Waals surface area contributed by atoms with Gasteiger partial charge in [0.15, 0.2) is 0 Å². The predicted octanol–water partition coefficient (Wildman–Crippen LogP) is 1.71. The molecule has 1 fully saturated rings. The molecule has 0 aromatic heterocycles. The Hall–Kier alpha value is -1.88. The summed E-state index contributed by atoms with van der Waals surface area (Å²) in [5.74, 6) is -0.972. The smallest absolute Gasteiger partial charge is 0.335 e. The third kappa shape index (κ3) is 3.12. The maximum Gasteiger partial charge on any atom is 0.335 e. The van der Waals surface area contributed by atoms with Crippen molar-refractivity contribution in [3.05, 3.63) is 29.8 Å². The lowest BCUT2D eigenvalue weighted by molar-refractivity contribution is -0.126. The molecule has 0 unspecified atom stereocenters. The first-order chi connectivity index (χ1) is 9.01. The largest absolute Gasteiger partial charge is 0.478 e. The number of rotatable bonds is 3. The van der Waals surface area contributed by atoms with Crippen molar-refractivity contribution in [1.82, 2.24) is 5.32 Å². The van der Waals surface area contributed by atoms with E-state index in [0.717, 1.165) is 25.9 Å². The van der Waals surface area contributed by atoms with Crippen LogP contribution in [0.1, 0.15) is 30.1 Å². The van der Waals surface area contributed by atoms with Crippen molar-refractivity contribution in [2.24, 2.45) is 5.41 Å². The van der Waals surface area contributed by atoms with E-state index in [1.165, 1.54) is 12.1 Å². The zero-order valence-electron chi connectivity index (χ0n) is 10.9. The first-order valence-corrected chi connectivity index (χ1v) is 6.37. The molecule has 0 radical (unpaired) electrons. The summed E-state index contributed by atoms with van der Waals surface area (Å²) in [6.07, 6.45) is 1.62. The molecular formula is C14H18N2O3. The molecule has 5 nitrogen and oxygen atoms in total. The van der Waals surface area contributed by atoms with Gasteiger partial charge in [-0.05, 0) is 50.2 Å². The highest BCUT2D eigenvalue weighted by Crippen LogP contribution is 2.29. The van der Waals surface area contributed by atoms with E-state index in [1.54, 1.807) is 12.1 Å². The minimum atomic E-state index is -0.969. The van der Waals surface area contributed by atoms with E-state index < -0.39 is 5.97 Å². The second-order valence-electron chi connectivity index (χ2n) is 5.15. The molecule has 1 aliphatic rings. The summed E-state index contributed by atoms with van der Waals surface area (Å²) >= 11 is 0. The summed E-state index contributed by atoms with van der Waals surface area (Å²) in [5.41, 5.74) is 0.498.